The third-order valence-corrected chi connectivity index (χ3v) is 8.89. The van der Waals surface area contributed by atoms with E-state index in [1.54, 1.807) is 0 Å². The van der Waals surface area contributed by atoms with Gasteiger partial charge in [0.1, 0.15) is 26.3 Å². The molecular formula is C38H76ClNO4. The summed E-state index contributed by atoms with van der Waals surface area (Å²) in [5.41, 5.74) is 0. The summed E-state index contributed by atoms with van der Waals surface area (Å²) in [4.78, 5) is 24.2. The summed E-state index contributed by atoms with van der Waals surface area (Å²) >= 11 is 0. The van der Waals surface area contributed by atoms with Crippen LogP contribution in [0.25, 0.3) is 0 Å². The standard InChI is InChI=1S/C38H76NO4.ClH/c1-5-7-9-11-13-15-17-19-21-23-25-27-29-31-37(40)42-35-33-39(3,4)34-36-43-38(41)32-30-28-26-24-22-20-18-16-14-12-10-8-6-2;/h5-36H2,1-4H3;1H/q+1;/p-1. The zero-order chi connectivity index (χ0) is 31.7. The van der Waals surface area contributed by atoms with Crippen LogP contribution in [0.5, 0.6) is 0 Å². The molecule has 0 spiro atoms. The molecule has 0 saturated carbocycles. The Kier molecular flexibility index (Phi) is 36.1. The number of halogens is 1. The molecule has 0 heterocycles. The fraction of sp³-hybridized carbons (Fsp3) is 0.947. The lowest BCUT2D eigenvalue weighted by Gasteiger charge is -2.29. The van der Waals surface area contributed by atoms with Crippen molar-refractivity contribution in [1.82, 2.24) is 0 Å². The van der Waals surface area contributed by atoms with E-state index in [0.717, 1.165) is 38.8 Å². The van der Waals surface area contributed by atoms with Gasteiger partial charge in [0.25, 0.3) is 0 Å². The van der Waals surface area contributed by atoms with Crippen molar-refractivity contribution in [1.29, 1.82) is 0 Å². The van der Waals surface area contributed by atoms with Crippen LogP contribution in [0.1, 0.15) is 194 Å². The van der Waals surface area contributed by atoms with E-state index in [1.165, 1.54) is 141 Å². The minimum atomic E-state index is -0.0766. The van der Waals surface area contributed by atoms with Crippen molar-refractivity contribution in [2.75, 3.05) is 40.4 Å². The molecule has 44 heavy (non-hydrogen) atoms. The molecule has 0 amide bonds. The highest BCUT2D eigenvalue weighted by atomic mass is 35.5. The smallest absolute Gasteiger partial charge is 0.305 e. The van der Waals surface area contributed by atoms with Gasteiger partial charge in [0.2, 0.25) is 0 Å². The molecule has 0 atom stereocenters. The molecule has 0 unspecified atom stereocenters. The van der Waals surface area contributed by atoms with E-state index in [4.69, 9.17) is 9.47 Å². The highest BCUT2D eigenvalue weighted by Crippen LogP contribution is 2.14. The van der Waals surface area contributed by atoms with Crippen molar-refractivity contribution < 1.29 is 36.0 Å². The summed E-state index contributed by atoms with van der Waals surface area (Å²) < 4.78 is 11.6. The normalized spacial score (nSPS) is 11.4. The molecule has 0 aromatic carbocycles. The maximum absolute atomic E-state index is 12.1. The Labute approximate surface area is 281 Å². The first kappa shape index (κ1) is 45.3. The van der Waals surface area contributed by atoms with Crippen LogP contribution in [0.15, 0.2) is 0 Å². The number of carbonyl (C=O) groups is 2. The molecule has 0 aliphatic rings. The number of hydrogen-bond donors (Lipinski definition) is 0. The van der Waals surface area contributed by atoms with Gasteiger partial charge in [-0.3, -0.25) is 9.59 Å². The zero-order valence-corrected chi connectivity index (χ0v) is 30.8. The van der Waals surface area contributed by atoms with Crippen LogP contribution in [0.4, 0.5) is 0 Å². The van der Waals surface area contributed by atoms with E-state index in [-0.39, 0.29) is 24.3 Å². The van der Waals surface area contributed by atoms with Gasteiger partial charge in [-0.2, -0.15) is 0 Å². The summed E-state index contributed by atoms with van der Waals surface area (Å²) in [7, 11) is 4.20. The molecule has 0 bridgehead atoms. The number of hydrogen-bond acceptors (Lipinski definition) is 4. The van der Waals surface area contributed by atoms with E-state index in [1.807, 2.05) is 0 Å². The summed E-state index contributed by atoms with van der Waals surface area (Å²) in [5, 5.41) is 0. The number of ether oxygens (including phenoxy) is 2. The Morgan fingerprint density at radius 2 is 0.636 bits per heavy atom. The first-order chi connectivity index (χ1) is 20.9. The average Bonchev–Trinajstić information content (AvgIpc) is 2.97. The van der Waals surface area contributed by atoms with Gasteiger partial charge in [0.15, 0.2) is 0 Å². The molecule has 0 rings (SSSR count). The molecule has 0 aliphatic heterocycles. The van der Waals surface area contributed by atoms with Gasteiger partial charge in [0.05, 0.1) is 14.1 Å². The first-order valence-electron chi connectivity index (χ1n) is 19.0. The molecule has 0 radical (unpaired) electrons. The van der Waals surface area contributed by atoms with Crippen LogP contribution in [-0.4, -0.2) is 56.8 Å². The molecule has 0 aromatic rings. The molecular weight excluding hydrogens is 570 g/mol. The molecule has 0 aromatic heterocycles. The lowest BCUT2D eigenvalue weighted by Crippen LogP contribution is -3.00. The lowest BCUT2D eigenvalue weighted by atomic mass is 10.0. The Morgan fingerprint density at radius 3 is 0.886 bits per heavy atom. The SMILES string of the molecule is CCCCCCCCCCCCCCCC(=O)OCC[N+](C)(C)CCOC(=O)CCCCCCCCCCCCCCC.[Cl-]. The number of unbranched alkanes of at least 4 members (excludes halogenated alkanes) is 24. The maximum Gasteiger partial charge on any atom is 0.305 e. The zero-order valence-electron chi connectivity index (χ0n) is 30.1. The van der Waals surface area contributed by atoms with E-state index in [9.17, 15) is 9.59 Å². The van der Waals surface area contributed by atoms with Gasteiger partial charge < -0.3 is 26.4 Å². The Hall–Kier alpha value is -0.810. The van der Waals surface area contributed by atoms with Crippen molar-refractivity contribution in [2.45, 2.75) is 194 Å². The van der Waals surface area contributed by atoms with Crippen LogP contribution in [0.2, 0.25) is 0 Å². The van der Waals surface area contributed by atoms with E-state index < -0.39 is 0 Å². The van der Waals surface area contributed by atoms with Crippen molar-refractivity contribution in [3.63, 3.8) is 0 Å². The summed E-state index contributed by atoms with van der Waals surface area (Å²) in [6, 6.07) is 0. The highest BCUT2D eigenvalue weighted by Gasteiger charge is 2.17. The molecule has 0 saturated heterocycles. The monoisotopic (exact) mass is 646 g/mol. The predicted octanol–water partition coefficient (Wildman–Crippen LogP) is 8.12. The second-order valence-electron chi connectivity index (χ2n) is 13.8. The van der Waals surface area contributed by atoms with Crippen LogP contribution >= 0.6 is 0 Å². The van der Waals surface area contributed by atoms with Gasteiger partial charge in [-0.25, -0.2) is 0 Å². The van der Waals surface area contributed by atoms with Crippen molar-refractivity contribution in [2.24, 2.45) is 0 Å². The van der Waals surface area contributed by atoms with Gasteiger partial charge in [-0.1, -0.05) is 168 Å². The minimum Gasteiger partial charge on any atom is -1.00 e. The molecule has 6 heteroatoms. The van der Waals surface area contributed by atoms with E-state index in [2.05, 4.69) is 27.9 Å². The number of nitrogens with zero attached hydrogens (tertiary/aromatic N) is 1. The predicted molar refractivity (Wildman–Crippen MR) is 184 cm³/mol. The van der Waals surface area contributed by atoms with Crippen molar-refractivity contribution in [3.8, 4) is 0 Å². The Morgan fingerprint density at radius 1 is 0.409 bits per heavy atom. The molecule has 264 valence electrons. The van der Waals surface area contributed by atoms with E-state index >= 15 is 0 Å². The summed E-state index contributed by atoms with van der Waals surface area (Å²) in [6.07, 6.45) is 35.1. The molecule has 0 fully saturated rings. The highest BCUT2D eigenvalue weighted by molar-refractivity contribution is 5.69. The van der Waals surface area contributed by atoms with Gasteiger partial charge in [0, 0.05) is 12.8 Å². The molecule has 5 nitrogen and oxygen atoms in total. The van der Waals surface area contributed by atoms with Crippen molar-refractivity contribution >= 4 is 11.9 Å². The number of quaternary nitrogens is 1. The van der Waals surface area contributed by atoms with Crippen LogP contribution in [-0.2, 0) is 19.1 Å². The van der Waals surface area contributed by atoms with E-state index in [0.29, 0.717) is 30.5 Å². The third-order valence-electron chi connectivity index (χ3n) is 8.89. The van der Waals surface area contributed by atoms with Crippen LogP contribution in [0.3, 0.4) is 0 Å². The number of carbonyl (C=O) groups excluding carboxylic acids is 2. The number of esters is 2. The minimum absolute atomic E-state index is 0. The second kappa shape index (κ2) is 35.1. The Bertz CT molecular complexity index is 564. The van der Waals surface area contributed by atoms with Crippen molar-refractivity contribution in [3.05, 3.63) is 0 Å². The van der Waals surface area contributed by atoms with Crippen LogP contribution in [0, 0.1) is 0 Å². The lowest BCUT2D eigenvalue weighted by molar-refractivity contribution is -0.890. The topological polar surface area (TPSA) is 52.6 Å². The second-order valence-corrected chi connectivity index (χ2v) is 13.8. The maximum atomic E-state index is 12.1. The summed E-state index contributed by atoms with van der Waals surface area (Å²) in [6.45, 7) is 6.87. The van der Waals surface area contributed by atoms with Crippen LogP contribution < -0.4 is 12.4 Å². The van der Waals surface area contributed by atoms with Gasteiger partial charge >= 0.3 is 11.9 Å². The third kappa shape index (κ3) is 35.7. The average molecular weight is 646 g/mol. The molecule has 0 aliphatic carbocycles. The first-order valence-corrected chi connectivity index (χ1v) is 19.0. The quantitative estimate of drug-likeness (QED) is 0.0403. The number of rotatable bonds is 34. The fourth-order valence-corrected chi connectivity index (χ4v) is 5.64. The molecule has 0 N–H and O–H groups in total. The fourth-order valence-electron chi connectivity index (χ4n) is 5.64. The van der Waals surface area contributed by atoms with Gasteiger partial charge in [-0.15, -0.1) is 0 Å². The Balaban J connectivity index is 0. The van der Waals surface area contributed by atoms with Gasteiger partial charge in [-0.05, 0) is 12.8 Å². The number of likely N-dealkylation sites (N-methyl/N-ethyl adjacent to an activating group) is 1. The largest absolute Gasteiger partial charge is 1.00 e. The summed E-state index contributed by atoms with van der Waals surface area (Å²) in [5.74, 6) is -0.153.